The molecule has 7 nitrogen and oxygen atoms in total. The molecule has 0 aromatic heterocycles. The number of benzene rings is 3. The summed E-state index contributed by atoms with van der Waals surface area (Å²) in [5.41, 5.74) is 4.28. The Bertz CT molecular complexity index is 1430. The number of halogens is 2. The monoisotopic (exact) mass is 549 g/mol. The lowest BCUT2D eigenvalue weighted by Crippen LogP contribution is -2.46. The van der Waals surface area contributed by atoms with E-state index >= 15 is 0 Å². The Morgan fingerprint density at radius 3 is 2.08 bits per heavy atom. The molecule has 4 rings (SSSR count). The third-order valence-corrected chi connectivity index (χ3v) is 7.35. The molecule has 210 valence electrons. The summed E-state index contributed by atoms with van der Waals surface area (Å²) in [7, 11) is 0. The van der Waals surface area contributed by atoms with Crippen molar-refractivity contribution in [3.05, 3.63) is 82.4 Å². The van der Waals surface area contributed by atoms with Gasteiger partial charge in [0.05, 0.1) is 11.3 Å². The lowest BCUT2D eigenvalue weighted by atomic mass is 9.83. The summed E-state index contributed by atoms with van der Waals surface area (Å²) in [6.45, 7) is 5.70. The number of nitrogens with one attached hydrogen (secondary N) is 3. The van der Waals surface area contributed by atoms with Crippen LogP contribution in [-0.4, -0.2) is 29.1 Å². The molecule has 0 aliphatic heterocycles. The van der Waals surface area contributed by atoms with Gasteiger partial charge in [0.15, 0.2) is 11.6 Å². The number of aliphatic carboxylic acids is 1. The summed E-state index contributed by atoms with van der Waals surface area (Å²) >= 11 is 0. The SMILES string of the molecule is Cc1cc(C)c(NC(=O)Nc2cc(-c3ccc(F)c(F)c3)ccc2C(=O)N[C@H](C(=O)O)C2CCCCC2)c(C)c1. The quantitative estimate of drug-likeness (QED) is 0.255. The maximum Gasteiger partial charge on any atom is 0.326 e. The third kappa shape index (κ3) is 6.65. The van der Waals surface area contributed by atoms with Crippen LogP contribution in [0.5, 0.6) is 0 Å². The van der Waals surface area contributed by atoms with Crippen LogP contribution in [-0.2, 0) is 4.79 Å². The van der Waals surface area contributed by atoms with E-state index in [4.69, 9.17) is 0 Å². The molecule has 3 aromatic rings. The first-order valence-corrected chi connectivity index (χ1v) is 13.3. The largest absolute Gasteiger partial charge is 0.480 e. The number of amides is 3. The highest BCUT2D eigenvalue weighted by Crippen LogP contribution is 2.30. The summed E-state index contributed by atoms with van der Waals surface area (Å²) in [4.78, 5) is 38.6. The second-order valence-electron chi connectivity index (χ2n) is 10.4. The summed E-state index contributed by atoms with van der Waals surface area (Å²) in [6, 6.07) is 10.0. The zero-order valence-corrected chi connectivity index (χ0v) is 22.7. The third-order valence-electron chi connectivity index (χ3n) is 7.35. The molecule has 40 heavy (non-hydrogen) atoms. The molecule has 4 N–H and O–H groups in total. The van der Waals surface area contributed by atoms with Gasteiger partial charge in [-0.05, 0) is 86.1 Å². The van der Waals surface area contributed by atoms with Gasteiger partial charge in [-0.15, -0.1) is 0 Å². The first-order chi connectivity index (χ1) is 19.0. The van der Waals surface area contributed by atoms with Crippen molar-refractivity contribution >= 4 is 29.3 Å². The van der Waals surface area contributed by atoms with Crippen molar-refractivity contribution in [3.63, 3.8) is 0 Å². The highest BCUT2D eigenvalue weighted by molar-refractivity contribution is 6.08. The molecule has 0 unspecified atom stereocenters. The maximum atomic E-state index is 14.0. The number of rotatable bonds is 7. The Hall–Kier alpha value is -4.27. The van der Waals surface area contributed by atoms with Crippen LogP contribution in [0, 0.1) is 38.3 Å². The zero-order valence-electron chi connectivity index (χ0n) is 22.7. The average molecular weight is 550 g/mol. The number of carboxylic acid groups (broad SMARTS) is 1. The predicted octanol–water partition coefficient (Wildman–Crippen LogP) is 6.96. The molecule has 0 radical (unpaired) electrons. The Kier molecular flexibility index (Phi) is 8.82. The molecule has 3 aromatic carbocycles. The minimum absolute atomic E-state index is 0.0425. The van der Waals surface area contributed by atoms with Crippen molar-refractivity contribution in [1.29, 1.82) is 0 Å². The number of carbonyl (C=O) groups is 3. The van der Waals surface area contributed by atoms with Crippen molar-refractivity contribution in [2.75, 3.05) is 10.6 Å². The first kappa shape index (κ1) is 28.7. The van der Waals surface area contributed by atoms with Gasteiger partial charge in [-0.2, -0.15) is 0 Å². The molecule has 0 spiro atoms. The average Bonchev–Trinajstić information content (AvgIpc) is 2.91. The number of aryl methyl sites for hydroxylation is 3. The van der Waals surface area contributed by atoms with Gasteiger partial charge in [-0.1, -0.05) is 49.1 Å². The first-order valence-electron chi connectivity index (χ1n) is 13.3. The number of urea groups is 1. The number of hydrogen-bond donors (Lipinski definition) is 4. The fourth-order valence-corrected chi connectivity index (χ4v) is 5.41. The highest BCUT2D eigenvalue weighted by atomic mass is 19.2. The van der Waals surface area contributed by atoms with Crippen molar-refractivity contribution in [2.24, 2.45) is 5.92 Å². The Labute approximate surface area is 232 Å². The van der Waals surface area contributed by atoms with Gasteiger partial charge in [0, 0.05) is 5.69 Å². The number of hydrogen-bond acceptors (Lipinski definition) is 3. The van der Waals surface area contributed by atoms with E-state index in [0.29, 0.717) is 29.7 Å². The normalized spacial score (nSPS) is 14.3. The Morgan fingerprint density at radius 1 is 0.825 bits per heavy atom. The molecule has 1 atom stereocenters. The second-order valence-corrected chi connectivity index (χ2v) is 10.4. The maximum absolute atomic E-state index is 14.0. The van der Waals surface area contributed by atoms with Gasteiger partial charge in [-0.3, -0.25) is 4.79 Å². The van der Waals surface area contributed by atoms with Crippen LogP contribution in [0.25, 0.3) is 11.1 Å². The van der Waals surface area contributed by atoms with Gasteiger partial charge in [-0.25, -0.2) is 18.4 Å². The van der Waals surface area contributed by atoms with E-state index in [2.05, 4.69) is 16.0 Å². The van der Waals surface area contributed by atoms with E-state index in [1.54, 1.807) is 0 Å². The molecule has 1 aliphatic rings. The lowest BCUT2D eigenvalue weighted by molar-refractivity contribution is -0.141. The van der Waals surface area contributed by atoms with Crippen LogP contribution in [0.1, 0.15) is 59.2 Å². The molecule has 1 fully saturated rings. The van der Waals surface area contributed by atoms with E-state index in [0.717, 1.165) is 48.1 Å². The van der Waals surface area contributed by atoms with Crippen molar-refractivity contribution in [2.45, 2.75) is 58.9 Å². The van der Waals surface area contributed by atoms with E-state index in [-0.39, 0.29) is 17.2 Å². The van der Waals surface area contributed by atoms with Crippen LogP contribution in [0.15, 0.2) is 48.5 Å². The van der Waals surface area contributed by atoms with E-state index < -0.39 is 35.6 Å². The van der Waals surface area contributed by atoms with Crippen molar-refractivity contribution in [1.82, 2.24) is 5.32 Å². The van der Waals surface area contributed by atoms with Gasteiger partial charge in [0.25, 0.3) is 5.91 Å². The molecule has 0 saturated heterocycles. The van der Waals surface area contributed by atoms with Gasteiger partial charge >= 0.3 is 12.0 Å². The number of carboxylic acids is 1. The standard InChI is InChI=1S/C31H33F2N3O4/c1-17-13-18(2)27(19(3)14-17)36-31(40)34-26-16-22(21-10-12-24(32)25(33)15-21)9-11-23(26)29(37)35-28(30(38)39)20-7-5-4-6-8-20/h9-16,20,28H,4-8H2,1-3H3,(H,35,37)(H,38,39)(H2,34,36,40)/t28-/m0/s1. The highest BCUT2D eigenvalue weighted by Gasteiger charge is 2.31. The fourth-order valence-electron chi connectivity index (χ4n) is 5.41. The molecule has 1 saturated carbocycles. The predicted molar refractivity (Wildman–Crippen MR) is 151 cm³/mol. The fraction of sp³-hybridized carbons (Fsp3) is 0.323. The minimum Gasteiger partial charge on any atom is -0.480 e. The summed E-state index contributed by atoms with van der Waals surface area (Å²) in [5.74, 6) is -4.00. The van der Waals surface area contributed by atoms with E-state index in [9.17, 15) is 28.3 Å². The Morgan fingerprint density at radius 2 is 1.45 bits per heavy atom. The van der Waals surface area contributed by atoms with Crippen molar-refractivity contribution in [3.8, 4) is 11.1 Å². The topological polar surface area (TPSA) is 108 Å². The summed E-state index contributed by atoms with van der Waals surface area (Å²) in [6.07, 6.45) is 4.24. The van der Waals surface area contributed by atoms with Gasteiger partial charge < -0.3 is 21.1 Å². The number of carbonyl (C=O) groups excluding carboxylic acids is 2. The molecule has 3 amide bonds. The van der Waals surface area contributed by atoms with Crippen molar-refractivity contribution < 1.29 is 28.3 Å². The zero-order chi connectivity index (χ0) is 29.0. The van der Waals surface area contributed by atoms with Gasteiger partial charge in [0.1, 0.15) is 6.04 Å². The molecule has 0 bridgehead atoms. The summed E-state index contributed by atoms with van der Waals surface area (Å²) in [5, 5.41) is 18.0. The number of anilines is 2. The lowest BCUT2D eigenvalue weighted by Gasteiger charge is -2.28. The van der Waals surface area contributed by atoms with Crippen LogP contribution in [0.3, 0.4) is 0 Å². The smallest absolute Gasteiger partial charge is 0.326 e. The molecule has 9 heteroatoms. The molecular weight excluding hydrogens is 516 g/mol. The molecule has 1 aliphatic carbocycles. The van der Waals surface area contributed by atoms with Crippen LogP contribution >= 0.6 is 0 Å². The van der Waals surface area contributed by atoms with E-state index in [1.165, 1.54) is 24.3 Å². The Balaban J connectivity index is 1.66. The van der Waals surface area contributed by atoms with Crippen LogP contribution in [0.2, 0.25) is 0 Å². The minimum atomic E-state index is -1.11. The van der Waals surface area contributed by atoms with E-state index in [1.807, 2.05) is 32.9 Å². The summed E-state index contributed by atoms with van der Waals surface area (Å²) < 4.78 is 27.5. The van der Waals surface area contributed by atoms with Crippen LogP contribution in [0.4, 0.5) is 25.0 Å². The molecular formula is C31H33F2N3O4. The molecule has 0 heterocycles. The van der Waals surface area contributed by atoms with Crippen LogP contribution < -0.4 is 16.0 Å². The second kappa shape index (κ2) is 12.3. The van der Waals surface area contributed by atoms with Gasteiger partial charge in [0.2, 0.25) is 0 Å².